The molecule has 0 fully saturated rings. The Kier molecular flexibility index (Phi) is 10.8. The van der Waals surface area contributed by atoms with Crippen LogP contribution in [0.5, 0.6) is 11.8 Å². The number of hydrogen-bond donors (Lipinski definition) is 2. The first-order chi connectivity index (χ1) is 12.5. The van der Waals surface area contributed by atoms with Crippen LogP contribution in [0.25, 0.3) is 0 Å². The molecule has 28 heavy (non-hydrogen) atoms. The minimum absolute atomic E-state index is 0. The van der Waals surface area contributed by atoms with E-state index in [0.29, 0.717) is 11.6 Å². The Bertz CT molecular complexity index is 832. The van der Waals surface area contributed by atoms with Gasteiger partial charge in [-0.3, -0.25) is 4.98 Å². The van der Waals surface area contributed by atoms with Crippen LogP contribution in [0.1, 0.15) is 33.3 Å². The summed E-state index contributed by atoms with van der Waals surface area (Å²) < 4.78 is 5.62. The number of anilines is 1. The number of aromatic nitrogens is 3. The number of ether oxygens (including phenoxy) is 1. The lowest BCUT2D eigenvalue weighted by atomic mass is 9.94. The average molecular weight is 405 g/mol. The summed E-state index contributed by atoms with van der Waals surface area (Å²) in [4.78, 5) is 13.5. The first-order valence-electron chi connectivity index (χ1n) is 8.52. The van der Waals surface area contributed by atoms with E-state index in [9.17, 15) is 0 Å². The first kappa shape index (κ1) is 25.3. The van der Waals surface area contributed by atoms with E-state index in [1.165, 1.54) is 0 Å². The predicted molar refractivity (Wildman–Crippen MR) is 115 cm³/mol. The van der Waals surface area contributed by atoms with Crippen LogP contribution >= 0.6 is 12.6 Å². The molecule has 0 aliphatic rings. The van der Waals surface area contributed by atoms with Gasteiger partial charge in [-0.15, -0.1) is 12.6 Å². The summed E-state index contributed by atoms with van der Waals surface area (Å²) in [6.45, 7) is 8.15. The molecule has 7 nitrogen and oxygen atoms in total. The molecule has 0 radical (unpaired) electrons. The zero-order valence-corrected chi connectivity index (χ0v) is 17.4. The summed E-state index contributed by atoms with van der Waals surface area (Å²) in [7, 11) is 0. The van der Waals surface area contributed by atoms with Gasteiger partial charge in [-0.05, 0) is 43.7 Å². The molecule has 152 valence electrons. The summed E-state index contributed by atoms with van der Waals surface area (Å²) in [5.74, 6) is 1.26. The Balaban J connectivity index is 0.00000177. The highest BCUT2D eigenvalue weighted by atomic mass is 32.1. The van der Waals surface area contributed by atoms with Gasteiger partial charge in [0.05, 0.1) is 11.7 Å². The monoisotopic (exact) mass is 404 g/mol. The largest absolute Gasteiger partial charge is 0.423 e. The molecule has 0 atom stereocenters. The summed E-state index contributed by atoms with van der Waals surface area (Å²) in [5, 5.41) is 3.41. The smallest absolute Gasteiger partial charge is 0.323 e. The Hall–Kier alpha value is -2.68. The van der Waals surface area contributed by atoms with Gasteiger partial charge in [-0.25, -0.2) is 4.98 Å². The van der Waals surface area contributed by atoms with Gasteiger partial charge in [0.25, 0.3) is 0 Å². The van der Waals surface area contributed by atoms with Crippen molar-refractivity contribution in [2.75, 3.05) is 5.32 Å². The number of nitrogens with one attached hydrogen (secondary N) is 1. The maximum Gasteiger partial charge on any atom is 0.323 e. The average Bonchev–Trinajstić information content (AvgIpc) is 2.64. The fourth-order valence-corrected chi connectivity index (χ4v) is 2.80. The maximum absolute atomic E-state index is 5.62. The van der Waals surface area contributed by atoms with Crippen LogP contribution in [0.15, 0.2) is 66.0 Å². The van der Waals surface area contributed by atoms with Crippen LogP contribution in [-0.4, -0.2) is 25.9 Å². The molecule has 2 aromatic heterocycles. The van der Waals surface area contributed by atoms with Gasteiger partial charge < -0.3 is 21.0 Å². The number of pyridine rings is 1. The van der Waals surface area contributed by atoms with E-state index in [1.807, 2.05) is 38.1 Å². The molecule has 0 aliphatic carbocycles. The van der Waals surface area contributed by atoms with Crippen molar-refractivity contribution in [3.05, 3.63) is 66.6 Å². The molecule has 0 saturated carbocycles. The molecule has 0 saturated heterocycles. The zero-order chi connectivity index (χ0) is 19.0. The maximum atomic E-state index is 5.62. The van der Waals surface area contributed by atoms with Crippen molar-refractivity contribution in [1.82, 2.24) is 15.0 Å². The fraction of sp³-hybridized carbons (Fsp3) is 0.250. The van der Waals surface area contributed by atoms with Crippen molar-refractivity contribution in [3.63, 3.8) is 0 Å². The van der Waals surface area contributed by atoms with E-state index in [0.717, 1.165) is 10.5 Å². The summed E-state index contributed by atoms with van der Waals surface area (Å²) in [6.07, 6.45) is 4.96. The first-order valence-corrected chi connectivity index (χ1v) is 8.97. The molecule has 0 amide bonds. The lowest BCUT2D eigenvalue weighted by Gasteiger charge is -2.28. The van der Waals surface area contributed by atoms with Crippen molar-refractivity contribution in [3.8, 4) is 11.8 Å². The van der Waals surface area contributed by atoms with Crippen molar-refractivity contribution >= 4 is 18.4 Å². The van der Waals surface area contributed by atoms with E-state index in [2.05, 4.69) is 46.7 Å². The zero-order valence-electron chi connectivity index (χ0n) is 16.5. The molecule has 8 heteroatoms. The Morgan fingerprint density at radius 3 is 2.32 bits per heavy atom. The second-order valence-electron chi connectivity index (χ2n) is 5.78. The molecular weight excluding hydrogens is 376 g/mol. The second-order valence-corrected chi connectivity index (χ2v) is 6.26. The molecule has 3 rings (SSSR count). The number of hydrogen-bond acceptors (Lipinski definition) is 6. The standard InChI is InChI=1S/C18H18N4OS.C2H6.2H2O/c1-18(2,14-7-3-4-8-15(14)24)22-16-9-11-20-17(21-16)23-13-6-5-10-19-12-13;1-2;;/h3-12,24H,1-2H3,(H,20,21,22);1-2H3;2*1H2. The summed E-state index contributed by atoms with van der Waals surface area (Å²) >= 11 is 4.54. The van der Waals surface area contributed by atoms with Crippen molar-refractivity contribution in [1.29, 1.82) is 0 Å². The quantitative estimate of drug-likeness (QED) is 0.628. The van der Waals surface area contributed by atoms with E-state index in [1.54, 1.807) is 36.8 Å². The van der Waals surface area contributed by atoms with E-state index < -0.39 is 0 Å². The minimum atomic E-state index is -0.349. The van der Waals surface area contributed by atoms with Crippen LogP contribution in [0.3, 0.4) is 0 Å². The van der Waals surface area contributed by atoms with E-state index in [-0.39, 0.29) is 22.5 Å². The molecule has 0 unspecified atom stereocenters. The highest BCUT2D eigenvalue weighted by molar-refractivity contribution is 7.80. The predicted octanol–water partition coefficient (Wildman–Crippen LogP) is 3.68. The lowest BCUT2D eigenvalue weighted by molar-refractivity contribution is 0.439. The Morgan fingerprint density at radius 2 is 1.68 bits per heavy atom. The van der Waals surface area contributed by atoms with Gasteiger partial charge in [0, 0.05) is 17.3 Å². The molecule has 0 bridgehead atoms. The third-order valence-corrected chi connectivity index (χ3v) is 3.88. The highest BCUT2D eigenvalue weighted by Gasteiger charge is 2.23. The van der Waals surface area contributed by atoms with E-state index in [4.69, 9.17) is 4.74 Å². The second kappa shape index (κ2) is 11.9. The number of nitrogens with zero attached hydrogens (tertiary/aromatic N) is 3. The van der Waals surface area contributed by atoms with Gasteiger partial charge in [-0.1, -0.05) is 32.0 Å². The van der Waals surface area contributed by atoms with Crippen LogP contribution in [-0.2, 0) is 5.54 Å². The number of benzene rings is 1. The molecule has 2 heterocycles. The normalized spacial score (nSPS) is 9.75. The minimum Gasteiger partial charge on any atom is -0.423 e. The van der Waals surface area contributed by atoms with Crippen molar-refractivity contribution < 1.29 is 15.7 Å². The molecular formula is C20H28N4O3S. The molecule has 3 aromatic rings. The van der Waals surface area contributed by atoms with Crippen LogP contribution in [0.2, 0.25) is 0 Å². The summed E-state index contributed by atoms with van der Waals surface area (Å²) in [6, 6.07) is 13.6. The van der Waals surface area contributed by atoms with Crippen LogP contribution < -0.4 is 10.1 Å². The Morgan fingerprint density at radius 1 is 0.964 bits per heavy atom. The topological polar surface area (TPSA) is 123 Å². The highest BCUT2D eigenvalue weighted by Crippen LogP contribution is 2.30. The van der Waals surface area contributed by atoms with Gasteiger partial charge in [-0.2, -0.15) is 4.98 Å². The number of rotatable bonds is 5. The van der Waals surface area contributed by atoms with Gasteiger partial charge in [0.2, 0.25) is 0 Å². The molecule has 0 aliphatic heterocycles. The van der Waals surface area contributed by atoms with Crippen molar-refractivity contribution in [2.24, 2.45) is 0 Å². The molecule has 0 spiro atoms. The summed E-state index contributed by atoms with van der Waals surface area (Å²) in [5.41, 5.74) is 0.736. The SMILES string of the molecule is CC.CC(C)(Nc1ccnc(Oc2cccnc2)n1)c1ccccc1S.O.O. The Labute approximate surface area is 171 Å². The molecule has 5 N–H and O–H groups in total. The van der Waals surface area contributed by atoms with Gasteiger partial charge in [0.1, 0.15) is 11.6 Å². The van der Waals surface area contributed by atoms with E-state index >= 15 is 0 Å². The lowest BCUT2D eigenvalue weighted by Crippen LogP contribution is -2.29. The van der Waals surface area contributed by atoms with Crippen LogP contribution in [0.4, 0.5) is 5.82 Å². The third-order valence-electron chi connectivity index (χ3n) is 3.49. The molecule has 1 aromatic carbocycles. The van der Waals surface area contributed by atoms with Crippen LogP contribution in [0, 0.1) is 0 Å². The number of thiol groups is 1. The third kappa shape index (κ3) is 6.80. The van der Waals surface area contributed by atoms with Gasteiger partial charge in [0.15, 0.2) is 0 Å². The van der Waals surface area contributed by atoms with Gasteiger partial charge >= 0.3 is 6.01 Å². The van der Waals surface area contributed by atoms with Crippen molar-refractivity contribution in [2.45, 2.75) is 38.1 Å². The fourth-order valence-electron chi connectivity index (χ4n) is 2.36.